The van der Waals surface area contributed by atoms with Gasteiger partial charge >= 0.3 is 0 Å². The molecule has 0 saturated carbocycles. The Kier molecular flexibility index (Phi) is 5.57. The van der Waals surface area contributed by atoms with E-state index in [9.17, 15) is 0 Å². The topological polar surface area (TPSA) is 23.5 Å². The lowest BCUT2D eigenvalue weighted by Crippen LogP contribution is -2.36. The molecule has 2 heteroatoms. The van der Waals surface area contributed by atoms with Gasteiger partial charge in [-0.2, -0.15) is 0 Å². The van der Waals surface area contributed by atoms with E-state index >= 15 is 0 Å². The van der Waals surface area contributed by atoms with Crippen LogP contribution in [-0.4, -0.2) is 36.2 Å². The van der Waals surface area contributed by atoms with Crippen LogP contribution in [0.2, 0.25) is 0 Å². The summed E-state index contributed by atoms with van der Waals surface area (Å²) in [5.41, 5.74) is 0.379. The van der Waals surface area contributed by atoms with Gasteiger partial charge in [0.1, 0.15) is 0 Å². The number of rotatable bonds is 5. The van der Waals surface area contributed by atoms with Crippen LogP contribution in [0.1, 0.15) is 40.5 Å². The number of hydrogen-bond donors (Lipinski definition) is 1. The van der Waals surface area contributed by atoms with Gasteiger partial charge in [-0.3, -0.25) is 0 Å². The zero-order valence-electron chi connectivity index (χ0n) is 9.80. The van der Waals surface area contributed by atoms with Crippen molar-refractivity contribution in [1.29, 1.82) is 0 Å². The maximum atomic E-state index is 8.84. The Bertz CT molecular complexity index is 129. The molecule has 0 aromatic carbocycles. The molecule has 0 aliphatic rings. The smallest absolute Gasteiger partial charge is 0.0558 e. The average molecular weight is 187 g/mol. The Morgan fingerprint density at radius 1 is 1.31 bits per heavy atom. The molecule has 0 aliphatic heterocycles. The van der Waals surface area contributed by atoms with Crippen LogP contribution in [0.4, 0.5) is 0 Å². The highest BCUT2D eigenvalue weighted by molar-refractivity contribution is 4.74. The lowest BCUT2D eigenvalue weighted by molar-refractivity contribution is 0.142. The van der Waals surface area contributed by atoms with Gasteiger partial charge in [-0.05, 0) is 25.3 Å². The van der Waals surface area contributed by atoms with Gasteiger partial charge in [0, 0.05) is 12.6 Å². The summed E-state index contributed by atoms with van der Waals surface area (Å²) >= 11 is 0. The SMILES string of the molecule is CC[C@H](CC(C)(C)C)N(C)CCO. The van der Waals surface area contributed by atoms with E-state index in [-0.39, 0.29) is 6.61 Å². The maximum absolute atomic E-state index is 8.84. The predicted octanol–water partition coefficient (Wildman–Crippen LogP) is 2.13. The molecular weight excluding hydrogens is 162 g/mol. The minimum atomic E-state index is 0.261. The first-order valence-corrected chi connectivity index (χ1v) is 5.22. The molecule has 0 aromatic rings. The van der Waals surface area contributed by atoms with Crippen LogP contribution < -0.4 is 0 Å². The molecule has 1 atom stereocenters. The fraction of sp³-hybridized carbons (Fsp3) is 1.00. The third-order valence-electron chi connectivity index (χ3n) is 2.40. The molecule has 0 unspecified atom stereocenters. The van der Waals surface area contributed by atoms with E-state index in [4.69, 9.17) is 5.11 Å². The number of likely N-dealkylation sites (N-methyl/N-ethyl adjacent to an activating group) is 1. The van der Waals surface area contributed by atoms with Crippen molar-refractivity contribution < 1.29 is 5.11 Å². The Balaban J connectivity index is 4.01. The number of aliphatic hydroxyl groups excluding tert-OH is 1. The van der Waals surface area contributed by atoms with Crippen LogP contribution in [0.15, 0.2) is 0 Å². The molecule has 0 aromatic heterocycles. The van der Waals surface area contributed by atoms with Crippen molar-refractivity contribution >= 4 is 0 Å². The first-order chi connectivity index (χ1) is 5.90. The molecule has 0 fully saturated rings. The summed E-state index contributed by atoms with van der Waals surface area (Å²) < 4.78 is 0. The molecule has 0 bridgehead atoms. The monoisotopic (exact) mass is 187 g/mol. The van der Waals surface area contributed by atoms with Crippen LogP contribution in [-0.2, 0) is 0 Å². The number of nitrogens with zero attached hydrogens (tertiary/aromatic N) is 1. The second kappa shape index (κ2) is 5.61. The van der Waals surface area contributed by atoms with E-state index in [1.165, 1.54) is 6.42 Å². The summed E-state index contributed by atoms with van der Waals surface area (Å²) in [5.74, 6) is 0. The van der Waals surface area contributed by atoms with Crippen molar-refractivity contribution in [1.82, 2.24) is 4.90 Å². The Labute approximate surface area is 82.9 Å². The third-order valence-corrected chi connectivity index (χ3v) is 2.40. The first kappa shape index (κ1) is 12.9. The van der Waals surface area contributed by atoms with Gasteiger partial charge in [-0.1, -0.05) is 27.7 Å². The highest BCUT2D eigenvalue weighted by Crippen LogP contribution is 2.24. The van der Waals surface area contributed by atoms with E-state index in [1.807, 2.05) is 0 Å². The highest BCUT2D eigenvalue weighted by Gasteiger charge is 2.20. The lowest BCUT2D eigenvalue weighted by Gasteiger charge is -2.32. The number of aliphatic hydroxyl groups is 1. The van der Waals surface area contributed by atoms with Crippen molar-refractivity contribution in [3.05, 3.63) is 0 Å². The Morgan fingerprint density at radius 3 is 2.15 bits per heavy atom. The number of hydrogen-bond acceptors (Lipinski definition) is 2. The zero-order valence-corrected chi connectivity index (χ0v) is 9.80. The van der Waals surface area contributed by atoms with Crippen LogP contribution in [0.3, 0.4) is 0 Å². The minimum Gasteiger partial charge on any atom is -0.395 e. The molecule has 0 heterocycles. The van der Waals surface area contributed by atoms with Crippen molar-refractivity contribution in [2.45, 2.75) is 46.6 Å². The molecule has 80 valence electrons. The summed E-state index contributed by atoms with van der Waals surface area (Å²) in [6.07, 6.45) is 2.35. The standard InChI is InChI=1S/C11H25NO/c1-6-10(9-11(2,3)4)12(5)7-8-13/h10,13H,6-9H2,1-5H3/t10-/m1/s1. The third kappa shape index (κ3) is 6.05. The summed E-state index contributed by atoms with van der Waals surface area (Å²) in [4.78, 5) is 2.26. The van der Waals surface area contributed by atoms with Gasteiger partial charge in [0.15, 0.2) is 0 Å². The van der Waals surface area contributed by atoms with E-state index in [1.54, 1.807) is 0 Å². The fourth-order valence-electron chi connectivity index (χ4n) is 1.66. The molecule has 0 spiro atoms. The quantitative estimate of drug-likeness (QED) is 0.712. The van der Waals surface area contributed by atoms with E-state index in [2.05, 4.69) is 39.6 Å². The summed E-state index contributed by atoms with van der Waals surface area (Å²) in [7, 11) is 2.09. The fourth-order valence-corrected chi connectivity index (χ4v) is 1.66. The summed E-state index contributed by atoms with van der Waals surface area (Å²) in [6, 6.07) is 0.604. The van der Waals surface area contributed by atoms with Crippen molar-refractivity contribution in [3.8, 4) is 0 Å². The Morgan fingerprint density at radius 2 is 1.85 bits per heavy atom. The molecule has 1 N–H and O–H groups in total. The molecule has 0 amide bonds. The van der Waals surface area contributed by atoms with Gasteiger partial charge in [-0.25, -0.2) is 0 Å². The van der Waals surface area contributed by atoms with Crippen LogP contribution >= 0.6 is 0 Å². The van der Waals surface area contributed by atoms with Gasteiger partial charge in [-0.15, -0.1) is 0 Å². The van der Waals surface area contributed by atoms with Crippen LogP contribution in [0.25, 0.3) is 0 Å². The van der Waals surface area contributed by atoms with E-state index in [0.717, 1.165) is 13.0 Å². The summed E-state index contributed by atoms with van der Waals surface area (Å²) in [6.45, 7) is 10.1. The maximum Gasteiger partial charge on any atom is 0.0558 e. The lowest BCUT2D eigenvalue weighted by atomic mass is 9.86. The van der Waals surface area contributed by atoms with Crippen LogP contribution in [0.5, 0.6) is 0 Å². The molecule has 2 nitrogen and oxygen atoms in total. The van der Waals surface area contributed by atoms with Crippen molar-refractivity contribution in [2.24, 2.45) is 5.41 Å². The average Bonchev–Trinajstić information content (AvgIpc) is 1.99. The van der Waals surface area contributed by atoms with E-state index in [0.29, 0.717) is 11.5 Å². The summed E-state index contributed by atoms with van der Waals surface area (Å²) in [5, 5.41) is 8.84. The minimum absolute atomic E-state index is 0.261. The van der Waals surface area contributed by atoms with Gasteiger partial charge in [0.05, 0.1) is 6.61 Å². The molecule has 0 aliphatic carbocycles. The normalized spacial score (nSPS) is 15.0. The second-order valence-corrected chi connectivity index (χ2v) is 5.03. The zero-order chi connectivity index (χ0) is 10.5. The van der Waals surface area contributed by atoms with E-state index < -0.39 is 0 Å². The predicted molar refractivity (Wildman–Crippen MR) is 57.9 cm³/mol. The molecule has 13 heavy (non-hydrogen) atoms. The van der Waals surface area contributed by atoms with Crippen LogP contribution in [0, 0.1) is 5.41 Å². The Hall–Kier alpha value is -0.0800. The molecule has 0 saturated heterocycles. The second-order valence-electron chi connectivity index (χ2n) is 5.03. The molecule has 0 rings (SSSR count). The molecular formula is C11H25NO. The first-order valence-electron chi connectivity index (χ1n) is 5.22. The van der Waals surface area contributed by atoms with Crippen molar-refractivity contribution in [3.63, 3.8) is 0 Å². The van der Waals surface area contributed by atoms with Gasteiger partial charge < -0.3 is 10.0 Å². The highest BCUT2D eigenvalue weighted by atomic mass is 16.3. The van der Waals surface area contributed by atoms with Crippen molar-refractivity contribution in [2.75, 3.05) is 20.2 Å². The van der Waals surface area contributed by atoms with Gasteiger partial charge in [0.2, 0.25) is 0 Å². The largest absolute Gasteiger partial charge is 0.395 e. The molecule has 0 radical (unpaired) electrons. The van der Waals surface area contributed by atoms with Gasteiger partial charge in [0.25, 0.3) is 0 Å².